The zero-order chi connectivity index (χ0) is 10.6. The van der Waals surface area contributed by atoms with E-state index < -0.39 is 5.38 Å². The lowest BCUT2D eigenvalue weighted by molar-refractivity contribution is -0.117. The highest BCUT2D eigenvalue weighted by molar-refractivity contribution is 6.30. The van der Waals surface area contributed by atoms with Crippen molar-refractivity contribution in [1.82, 2.24) is 0 Å². The van der Waals surface area contributed by atoms with Gasteiger partial charge in [-0.1, -0.05) is 12.1 Å². The van der Waals surface area contributed by atoms with Crippen molar-refractivity contribution in [3.63, 3.8) is 0 Å². The first-order chi connectivity index (χ1) is 6.63. The van der Waals surface area contributed by atoms with E-state index in [1.807, 2.05) is 24.3 Å². The summed E-state index contributed by atoms with van der Waals surface area (Å²) in [5.41, 5.74) is 0.961. The SMILES string of the molecule is COc1ccc(CC(=O)C(C)Cl)cc1. The molecule has 0 aromatic heterocycles. The molecule has 0 bridgehead atoms. The van der Waals surface area contributed by atoms with Crippen LogP contribution in [0.15, 0.2) is 24.3 Å². The minimum absolute atomic E-state index is 0.0387. The third-order valence-electron chi connectivity index (χ3n) is 1.98. The van der Waals surface area contributed by atoms with Crippen LogP contribution < -0.4 is 4.74 Å². The fourth-order valence-corrected chi connectivity index (χ4v) is 1.16. The van der Waals surface area contributed by atoms with E-state index >= 15 is 0 Å². The zero-order valence-corrected chi connectivity index (χ0v) is 9.04. The Morgan fingerprint density at radius 1 is 1.43 bits per heavy atom. The molecule has 0 radical (unpaired) electrons. The van der Waals surface area contributed by atoms with Crippen LogP contribution in [0.25, 0.3) is 0 Å². The first-order valence-corrected chi connectivity index (χ1v) is 4.87. The maximum Gasteiger partial charge on any atom is 0.154 e. The van der Waals surface area contributed by atoms with E-state index in [0.29, 0.717) is 6.42 Å². The van der Waals surface area contributed by atoms with Crippen molar-refractivity contribution in [3.05, 3.63) is 29.8 Å². The molecule has 0 amide bonds. The van der Waals surface area contributed by atoms with Gasteiger partial charge in [-0.05, 0) is 24.6 Å². The van der Waals surface area contributed by atoms with Gasteiger partial charge in [0.2, 0.25) is 0 Å². The summed E-state index contributed by atoms with van der Waals surface area (Å²) < 4.78 is 5.01. The largest absolute Gasteiger partial charge is 0.497 e. The molecule has 0 aliphatic heterocycles. The van der Waals surface area contributed by atoms with Gasteiger partial charge in [0, 0.05) is 6.42 Å². The molecule has 1 aromatic carbocycles. The highest BCUT2D eigenvalue weighted by Crippen LogP contribution is 2.12. The van der Waals surface area contributed by atoms with Crippen molar-refractivity contribution in [2.45, 2.75) is 18.7 Å². The van der Waals surface area contributed by atoms with Crippen LogP contribution in [-0.2, 0) is 11.2 Å². The summed E-state index contributed by atoms with van der Waals surface area (Å²) in [5, 5.41) is -0.419. The number of halogens is 1. The molecule has 0 saturated heterocycles. The molecular formula is C11H13ClO2. The molecule has 0 aliphatic rings. The monoisotopic (exact) mass is 212 g/mol. The molecule has 3 heteroatoms. The average molecular weight is 213 g/mol. The lowest BCUT2D eigenvalue weighted by Gasteiger charge is -2.04. The summed E-state index contributed by atoms with van der Waals surface area (Å²) in [6.45, 7) is 1.69. The maximum atomic E-state index is 11.3. The summed E-state index contributed by atoms with van der Waals surface area (Å²) in [6, 6.07) is 7.41. The number of ketones is 1. The minimum atomic E-state index is -0.419. The Bertz CT molecular complexity index is 304. The summed E-state index contributed by atoms with van der Waals surface area (Å²) in [6.07, 6.45) is 0.384. The van der Waals surface area contributed by atoms with E-state index in [9.17, 15) is 4.79 Å². The van der Waals surface area contributed by atoms with Crippen LogP contribution in [-0.4, -0.2) is 18.3 Å². The van der Waals surface area contributed by atoms with Crippen LogP contribution in [0.1, 0.15) is 12.5 Å². The predicted octanol–water partition coefficient (Wildman–Crippen LogP) is 2.43. The second kappa shape index (κ2) is 5.01. The normalized spacial score (nSPS) is 12.2. The summed E-state index contributed by atoms with van der Waals surface area (Å²) in [5.74, 6) is 0.831. The molecule has 0 aliphatic carbocycles. The number of hydrogen-bond acceptors (Lipinski definition) is 2. The maximum absolute atomic E-state index is 11.3. The van der Waals surface area contributed by atoms with Gasteiger partial charge in [-0.3, -0.25) is 4.79 Å². The second-order valence-corrected chi connectivity index (χ2v) is 3.76. The van der Waals surface area contributed by atoms with Gasteiger partial charge < -0.3 is 4.74 Å². The number of Topliss-reactive ketones (excluding diaryl/α,β-unsaturated/α-hetero) is 1. The smallest absolute Gasteiger partial charge is 0.154 e. The Morgan fingerprint density at radius 2 is 2.00 bits per heavy atom. The highest BCUT2D eigenvalue weighted by Gasteiger charge is 2.09. The molecule has 1 aromatic rings. The summed E-state index contributed by atoms with van der Waals surface area (Å²) >= 11 is 5.66. The molecule has 0 heterocycles. The molecule has 1 unspecified atom stereocenters. The zero-order valence-electron chi connectivity index (χ0n) is 8.29. The lowest BCUT2D eigenvalue weighted by Crippen LogP contribution is -2.12. The third-order valence-corrected chi connectivity index (χ3v) is 2.22. The molecular weight excluding hydrogens is 200 g/mol. The van der Waals surface area contributed by atoms with E-state index in [1.165, 1.54) is 0 Å². The first kappa shape index (κ1) is 11.1. The van der Waals surface area contributed by atoms with Crippen molar-refractivity contribution in [2.24, 2.45) is 0 Å². The molecule has 0 saturated carbocycles. The van der Waals surface area contributed by atoms with Gasteiger partial charge in [0.25, 0.3) is 0 Å². The fourth-order valence-electron chi connectivity index (χ4n) is 1.09. The van der Waals surface area contributed by atoms with Crippen LogP contribution in [0.5, 0.6) is 5.75 Å². The molecule has 0 fully saturated rings. The van der Waals surface area contributed by atoms with Gasteiger partial charge in [-0.25, -0.2) is 0 Å². The quantitative estimate of drug-likeness (QED) is 0.717. The van der Waals surface area contributed by atoms with E-state index in [0.717, 1.165) is 11.3 Å². The molecule has 1 atom stereocenters. The van der Waals surface area contributed by atoms with Crippen LogP contribution in [0.4, 0.5) is 0 Å². The average Bonchev–Trinajstić information content (AvgIpc) is 2.19. The van der Waals surface area contributed by atoms with Gasteiger partial charge in [-0.2, -0.15) is 0 Å². The van der Waals surface area contributed by atoms with Crippen molar-refractivity contribution >= 4 is 17.4 Å². The number of carbonyl (C=O) groups is 1. The van der Waals surface area contributed by atoms with Crippen LogP contribution >= 0.6 is 11.6 Å². The Morgan fingerprint density at radius 3 is 2.43 bits per heavy atom. The van der Waals surface area contributed by atoms with Gasteiger partial charge in [0.1, 0.15) is 5.75 Å². The summed E-state index contributed by atoms with van der Waals surface area (Å²) in [7, 11) is 1.61. The fraction of sp³-hybridized carbons (Fsp3) is 0.364. The van der Waals surface area contributed by atoms with E-state index in [1.54, 1.807) is 14.0 Å². The van der Waals surface area contributed by atoms with Gasteiger partial charge in [0.15, 0.2) is 5.78 Å². The van der Waals surface area contributed by atoms with Crippen molar-refractivity contribution < 1.29 is 9.53 Å². The minimum Gasteiger partial charge on any atom is -0.497 e. The van der Waals surface area contributed by atoms with Crippen molar-refractivity contribution in [2.75, 3.05) is 7.11 Å². The number of alkyl halides is 1. The second-order valence-electron chi connectivity index (χ2n) is 3.11. The first-order valence-electron chi connectivity index (χ1n) is 4.43. The Hall–Kier alpha value is -1.02. The van der Waals surface area contributed by atoms with Crippen molar-refractivity contribution in [3.8, 4) is 5.75 Å². The number of ether oxygens (including phenoxy) is 1. The lowest BCUT2D eigenvalue weighted by atomic mass is 10.1. The molecule has 76 valence electrons. The van der Waals surface area contributed by atoms with Crippen LogP contribution in [0.3, 0.4) is 0 Å². The van der Waals surface area contributed by atoms with Gasteiger partial charge in [-0.15, -0.1) is 11.6 Å². The molecule has 2 nitrogen and oxygen atoms in total. The molecule has 0 N–H and O–H groups in total. The standard InChI is InChI=1S/C11H13ClO2/c1-8(12)11(13)7-9-3-5-10(14-2)6-4-9/h3-6,8H,7H2,1-2H3. The van der Waals surface area contributed by atoms with Crippen molar-refractivity contribution in [1.29, 1.82) is 0 Å². The number of benzene rings is 1. The van der Waals surface area contributed by atoms with Crippen LogP contribution in [0.2, 0.25) is 0 Å². The number of methoxy groups -OCH3 is 1. The summed E-state index contributed by atoms with van der Waals surface area (Å²) in [4.78, 5) is 11.3. The third kappa shape index (κ3) is 3.04. The molecule has 0 spiro atoms. The van der Waals surface area contributed by atoms with E-state index in [-0.39, 0.29) is 5.78 Å². The van der Waals surface area contributed by atoms with Gasteiger partial charge >= 0.3 is 0 Å². The Kier molecular flexibility index (Phi) is 3.96. The van der Waals surface area contributed by atoms with E-state index in [2.05, 4.69) is 0 Å². The van der Waals surface area contributed by atoms with Gasteiger partial charge in [0.05, 0.1) is 12.5 Å². The topological polar surface area (TPSA) is 26.3 Å². The predicted molar refractivity (Wildman–Crippen MR) is 57.0 cm³/mol. The number of hydrogen-bond donors (Lipinski definition) is 0. The van der Waals surface area contributed by atoms with Crippen LogP contribution in [0, 0.1) is 0 Å². The number of rotatable bonds is 4. The molecule has 14 heavy (non-hydrogen) atoms. The number of carbonyl (C=O) groups excluding carboxylic acids is 1. The van der Waals surface area contributed by atoms with E-state index in [4.69, 9.17) is 16.3 Å². The Labute approximate surface area is 88.8 Å². The highest BCUT2D eigenvalue weighted by atomic mass is 35.5. The molecule has 1 rings (SSSR count). The Balaban J connectivity index is 2.64.